The topological polar surface area (TPSA) is 82.7 Å². The van der Waals surface area contributed by atoms with Gasteiger partial charge >= 0.3 is 0 Å². The second-order valence-corrected chi connectivity index (χ2v) is 2.43. The van der Waals surface area contributed by atoms with Gasteiger partial charge in [-0.15, -0.1) is 0 Å². The molecular formula is C8H15NO4. The van der Waals surface area contributed by atoms with Gasteiger partial charge in [-0.1, -0.05) is 0 Å². The zero-order valence-corrected chi connectivity index (χ0v) is 7.48. The van der Waals surface area contributed by atoms with Gasteiger partial charge in [0.25, 0.3) is 0 Å². The van der Waals surface area contributed by atoms with E-state index in [9.17, 15) is 0 Å². The molecule has 0 saturated carbocycles. The summed E-state index contributed by atoms with van der Waals surface area (Å²) < 4.78 is 9.95. The first kappa shape index (κ1) is 12.3. The third-order valence-electron chi connectivity index (χ3n) is 1.25. The number of ether oxygens (including phenoxy) is 2. The summed E-state index contributed by atoms with van der Waals surface area (Å²) in [6.45, 7) is 0.984. The fourth-order valence-electron chi connectivity index (χ4n) is 0.610. The van der Waals surface area contributed by atoms with Gasteiger partial charge in [0, 0.05) is 0 Å². The first-order chi connectivity index (χ1) is 6.31. The highest BCUT2D eigenvalue weighted by atomic mass is 16.5. The van der Waals surface area contributed by atoms with Crippen LogP contribution in [0.3, 0.4) is 0 Å². The van der Waals surface area contributed by atoms with E-state index in [4.69, 9.17) is 24.9 Å². The molecule has 0 fully saturated rings. The quantitative estimate of drug-likeness (QED) is 0.493. The fourth-order valence-corrected chi connectivity index (χ4v) is 0.610. The maximum Gasteiger partial charge on any atom is 0.100 e. The molecule has 1 unspecified atom stereocenters. The minimum absolute atomic E-state index is 0.109. The number of rotatable bonds is 8. The highest BCUT2D eigenvalue weighted by molar-refractivity contribution is 4.66. The molecule has 2 N–H and O–H groups in total. The Hall–Kier alpha value is -0.670. The average molecular weight is 189 g/mol. The van der Waals surface area contributed by atoms with Crippen LogP contribution in [0.25, 0.3) is 0 Å². The van der Waals surface area contributed by atoms with Crippen molar-refractivity contribution >= 4 is 0 Å². The van der Waals surface area contributed by atoms with Crippen LogP contribution in [-0.2, 0) is 9.47 Å². The molecule has 13 heavy (non-hydrogen) atoms. The van der Waals surface area contributed by atoms with Gasteiger partial charge in [-0.2, -0.15) is 5.26 Å². The third-order valence-corrected chi connectivity index (χ3v) is 1.25. The molecule has 0 radical (unpaired) electrons. The molecule has 0 saturated heterocycles. The van der Waals surface area contributed by atoms with Crippen molar-refractivity contribution in [3.63, 3.8) is 0 Å². The van der Waals surface area contributed by atoms with Crippen molar-refractivity contribution in [2.45, 2.75) is 12.5 Å². The summed E-state index contributed by atoms with van der Waals surface area (Å²) in [7, 11) is 0. The molecule has 0 amide bonds. The lowest BCUT2D eigenvalue weighted by atomic mass is 10.4. The molecular weight excluding hydrogens is 174 g/mol. The van der Waals surface area contributed by atoms with E-state index in [-0.39, 0.29) is 13.2 Å². The first-order valence-corrected chi connectivity index (χ1v) is 4.12. The summed E-state index contributed by atoms with van der Waals surface area (Å²) in [4.78, 5) is 0. The van der Waals surface area contributed by atoms with Gasteiger partial charge in [-0.3, -0.25) is 0 Å². The molecule has 0 aromatic rings. The van der Waals surface area contributed by atoms with E-state index in [0.29, 0.717) is 26.2 Å². The second kappa shape index (κ2) is 9.42. The van der Waals surface area contributed by atoms with Crippen LogP contribution in [0.2, 0.25) is 0 Å². The lowest BCUT2D eigenvalue weighted by Gasteiger charge is -2.07. The maximum absolute atomic E-state index is 8.84. The summed E-state index contributed by atoms with van der Waals surface area (Å²) in [6.07, 6.45) is -0.446. The van der Waals surface area contributed by atoms with Crippen LogP contribution in [0.5, 0.6) is 0 Å². The number of aliphatic hydroxyl groups excluding tert-OH is 2. The van der Waals surface area contributed by atoms with Gasteiger partial charge in [0.2, 0.25) is 0 Å². The van der Waals surface area contributed by atoms with Crippen LogP contribution in [0.4, 0.5) is 0 Å². The molecule has 0 aliphatic rings. The van der Waals surface area contributed by atoms with E-state index in [0.717, 1.165) is 0 Å². The van der Waals surface area contributed by atoms with E-state index in [2.05, 4.69) is 0 Å². The van der Waals surface area contributed by atoms with E-state index in [1.54, 1.807) is 0 Å². The Morgan fingerprint density at radius 1 is 1.23 bits per heavy atom. The molecule has 0 aromatic carbocycles. The Morgan fingerprint density at radius 3 is 2.54 bits per heavy atom. The number of hydrogen-bond acceptors (Lipinski definition) is 5. The Bertz CT molecular complexity index is 146. The van der Waals surface area contributed by atoms with Gasteiger partial charge in [-0.25, -0.2) is 0 Å². The van der Waals surface area contributed by atoms with E-state index in [1.165, 1.54) is 0 Å². The SMILES string of the molecule is N#CCCOCCOCC(O)CO. The molecule has 5 nitrogen and oxygen atoms in total. The summed E-state index contributed by atoms with van der Waals surface area (Å²) in [5.41, 5.74) is 0. The maximum atomic E-state index is 8.84. The molecule has 0 bridgehead atoms. The number of hydrogen-bond donors (Lipinski definition) is 2. The van der Waals surface area contributed by atoms with Gasteiger partial charge < -0.3 is 19.7 Å². The van der Waals surface area contributed by atoms with Crippen LogP contribution >= 0.6 is 0 Å². The van der Waals surface area contributed by atoms with Crippen molar-refractivity contribution in [1.82, 2.24) is 0 Å². The molecule has 0 aliphatic heterocycles. The van der Waals surface area contributed by atoms with Crippen molar-refractivity contribution in [3.05, 3.63) is 0 Å². The summed E-state index contributed by atoms with van der Waals surface area (Å²) in [6, 6.07) is 1.95. The molecule has 0 spiro atoms. The van der Waals surface area contributed by atoms with Gasteiger partial charge in [0.1, 0.15) is 6.10 Å². The van der Waals surface area contributed by atoms with Crippen molar-refractivity contribution in [1.29, 1.82) is 5.26 Å². The highest BCUT2D eigenvalue weighted by Gasteiger charge is 2.00. The Morgan fingerprint density at radius 2 is 1.92 bits per heavy atom. The Balaban J connectivity index is 2.96. The first-order valence-electron chi connectivity index (χ1n) is 4.12. The van der Waals surface area contributed by atoms with Gasteiger partial charge in [-0.05, 0) is 0 Å². The van der Waals surface area contributed by atoms with Gasteiger partial charge in [0.05, 0.1) is 45.5 Å². The normalized spacial score (nSPS) is 12.4. The molecule has 5 heteroatoms. The molecule has 0 aromatic heterocycles. The van der Waals surface area contributed by atoms with E-state index >= 15 is 0 Å². The summed E-state index contributed by atoms with van der Waals surface area (Å²) in [5, 5.41) is 25.4. The van der Waals surface area contributed by atoms with Crippen molar-refractivity contribution < 1.29 is 19.7 Å². The van der Waals surface area contributed by atoms with Crippen molar-refractivity contribution in [2.75, 3.05) is 33.0 Å². The molecule has 1 atom stereocenters. The van der Waals surface area contributed by atoms with E-state index in [1.807, 2.05) is 6.07 Å². The lowest BCUT2D eigenvalue weighted by Crippen LogP contribution is -2.20. The highest BCUT2D eigenvalue weighted by Crippen LogP contribution is 1.85. The third kappa shape index (κ3) is 9.24. The molecule has 0 aliphatic carbocycles. The zero-order valence-electron chi connectivity index (χ0n) is 7.48. The average Bonchev–Trinajstić information content (AvgIpc) is 2.16. The Labute approximate surface area is 77.5 Å². The van der Waals surface area contributed by atoms with Gasteiger partial charge in [0.15, 0.2) is 0 Å². The number of nitrogens with zero attached hydrogens (tertiary/aromatic N) is 1. The zero-order chi connectivity index (χ0) is 9.94. The molecule has 0 rings (SSSR count). The van der Waals surface area contributed by atoms with E-state index < -0.39 is 6.10 Å². The van der Waals surface area contributed by atoms with Crippen LogP contribution in [0.1, 0.15) is 6.42 Å². The fraction of sp³-hybridized carbons (Fsp3) is 0.875. The van der Waals surface area contributed by atoms with Crippen LogP contribution in [-0.4, -0.2) is 49.4 Å². The largest absolute Gasteiger partial charge is 0.394 e. The van der Waals surface area contributed by atoms with Crippen molar-refractivity contribution in [3.8, 4) is 6.07 Å². The van der Waals surface area contributed by atoms with Crippen LogP contribution < -0.4 is 0 Å². The molecule has 0 heterocycles. The summed E-state index contributed by atoms with van der Waals surface area (Å²) in [5.74, 6) is 0. The lowest BCUT2D eigenvalue weighted by molar-refractivity contribution is -0.0141. The predicted molar refractivity (Wildman–Crippen MR) is 45.0 cm³/mol. The molecule has 76 valence electrons. The smallest absolute Gasteiger partial charge is 0.100 e. The second-order valence-electron chi connectivity index (χ2n) is 2.43. The standard InChI is InChI=1S/C8H15NO4/c9-2-1-3-12-4-5-13-7-8(11)6-10/h8,10-11H,1,3-7H2. The predicted octanol–water partition coefficient (Wildman–Crippen LogP) is -0.714. The van der Waals surface area contributed by atoms with Crippen LogP contribution in [0, 0.1) is 11.3 Å². The minimum atomic E-state index is -0.820. The minimum Gasteiger partial charge on any atom is -0.394 e. The van der Waals surface area contributed by atoms with Crippen molar-refractivity contribution in [2.24, 2.45) is 0 Å². The number of aliphatic hydroxyl groups is 2. The Kier molecular flexibility index (Phi) is 8.93. The summed E-state index contributed by atoms with van der Waals surface area (Å²) >= 11 is 0. The monoisotopic (exact) mass is 189 g/mol. The van der Waals surface area contributed by atoms with Crippen LogP contribution in [0.15, 0.2) is 0 Å². The number of nitriles is 1.